The maximum absolute atomic E-state index is 11.9. The predicted molar refractivity (Wildman–Crippen MR) is 76.1 cm³/mol. The lowest BCUT2D eigenvalue weighted by Gasteiger charge is -2.39. The van der Waals surface area contributed by atoms with Gasteiger partial charge in [-0.25, -0.2) is 4.98 Å². The molecule has 0 bridgehead atoms. The summed E-state index contributed by atoms with van der Waals surface area (Å²) < 4.78 is 5.00. The summed E-state index contributed by atoms with van der Waals surface area (Å²) in [5.74, 6) is -0.193. The first-order chi connectivity index (χ1) is 9.18. The first-order valence-corrected chi connectivity index (χ1v) is 8.34. The molecule has 0 aromatic carbocycles. The van der Waals surface area contributed by atoms with Crippen molar-refractivity contribution in [2.75, 3.05) is 0 Å². The number of nitrogens with two attached hydrogens (primary N) is 1. The molecule has 1 heterocycles. The second-order valence-electron chi connectivity index (χ2n) is 5.41. The summed E-state index contributed by atoms with van der Waals surface area (Å²) >= 11 is 3.15. The molecule has 2 atom stereocenters. The van der Waals surface area contributed by atoms with Gasteiger partial charge in [0.05, 0.1) is 5.54 Å². The molecule has 104 valence electrons. The molecule has 7 heteroatoms. The van der Waals surface area contributed by atoms with E-state index in [2.05, 4.69) is 14.7 Å². The molecule has 3 N–H and O–H groups in total. The quantitative estimate of drug-likeness (QED) is 0.862. The third-order valence-corrected chi connectivity index (χ3v) is 5.86. The lowest BCUT2D eigenvalue weighted by Crippen LogP contribution is -2.59. The fourth-order valence-electron chi connectivity index (χ4n) is 2.73. The average Bonchev–Trinajstić information content (AvgIpc) is 3.03. The molecule has 1 amide bonds. The number of hydrogen-bond donors (Lipinski definition) is 2. The molecule has 1 aromatic rings. The Morgan fingerprint density at radius 1 is 1.53 bits per heavy atom. The minimum absolute atomic E-state index is 0.193. The van der Waals surface area contributed by atoms with Gasteiger partial charge in [0.2, 0.25) is 5.91 Å². The van der Waals surface area contributed by atoms with Crippen LogP contribution in [0.2, 0.25) is 0 Å². The van der Waals surface area contributed by atoms with Gasteiger partial charge in [-0.2, -0.15) is 4.37 Å². The number of carbonyl (C=O) groups excluding carboxylic acids is 1. The number of nitrogens with zero attached hydrogens (tertiary/aromatic N) is 2. The molecule has 5 nitrogen and oxygen atoms in total. The van der Waals surface area contributed by atoms with E-state index in [0.717, 1.165) is 30.0 Å². The summed E-state index contributed by atoms with van der Waals surface area (Å²) in [4.78, 5) is 16.1. The highest BCUT2D eigenvalue weighted by atomic mass is 32.2. The van der Waals surface area contributed by atoms with E-state index in [4.69, 9.17) is 5.73 Å². The van der Waals surface area contributed by atoms with Crippen LogP contribution in [-0.4, -0.2) is 32.1 Å². The summed E-state index contributed by atoms with van der Waals surface area (Å²) in [7, 11) is 0. The SMILES string of the molecule is NC(=O)C1(NC2CC2)CCCC(Sc2ncns2)C1. The van der Waals surface area contributed by atoms with Crippen molar-refractivity contribution in [2.24, 2.45) is 5.73 Å². The first kappa shape index (κ1) is 13.3. The van der Waals surface area contributed by atoms with Crippen molar-refractivity contribution >= 4 is 29.2 Å². The number of hydrogen-bond acceptors (Lipinski definition) is 6. The fourth-order valence-corrected chi connectivity index (χ4v) is 4.76. The molecule has 2 fully saturated rings. The first-order valence-electron chi connectivity index (χ1n) is 6.69. The van der Waals surface area contributed by atoms with Gasteiger partial charge in [-0.05, 0) is 50.1 Å². The molecular weight excluding hydrogens is 280 g/mol. The number of primary amides is 1. The zero-order chi connectivity index (χ0) is 13.3. The van der Waals surface area contributed by atoms with Crippen molar-refractivity contribution in [3.05, 3.63) is 6.33 Å². The van der Waals surface area contributed by atoms with Crippen LogP contribution in [0.5, 0.6) is 0 Å². The van der Waals surface area contributed by atoms with E-state index in [1.807, 2.05) is 0 Å². The number of aromatic nitrogens is 2. The molecule has 0 radical (unpaired) electrons. The van der Waals surface area contributed by atoms with Crippen LogP contribution in [0.4, 0.5) is 0 Å². The molecule has 1 aromatic heterocycles. The number of rotatable bonds is 5. The van der Waals surface area contributed by atoms with E-state index >= 15 is 0 Å². The van der Waals surface area contributed by atoms with Crippen LogP contribution in [0, 0.1) is 0 Å². The van der Waals surface area contributed by atoms with Crippen LogP contribution in [0.15, 0.2) is 10.7 Å². The van der Waals surface area contributed by atoms with Crippen molar-refractivity contribution in [3.63, 3.8) is 0 Å². The molecule has 3 rings (SSSR count). The summed E-state index contributed by atoms with van der Waals surface area (Å²) in [5, 5.41) is 3.90. The van der Waals surface area contributed by atoms with Crippen LogP contribution in [0.25, 0.3) is 0 Å². The molecular formula is C12H18N4OS2. The minimum atomic E-state index is -0.498. The zero-order valence-corrected chi connectivity index (χ0v) is 12.3. The van der Waals surface area contributed by atoms with Crippen LogP contribution in [-0.2, 0) is 4.79 Å². The second-order valence-corrected chi connectivity index (χ2v) is 7.74. The Labute approximate surface area is 120 Å². The summed E-state index contributed by atoms with van der Waals surface area (Å²) in [6, 6.07) is 0.498. The maximum Gasteiger partial charge on any atom is 0.237 e. The van der Waals surface area contributed by atoms with Gasteiger partial charge < -0.3 is 11.1 Å². The molecule has 2 saturated carbocycles. The van der Waals surface area contributed by atoms with Gasteiger partial charge in [0, 0.05) is 11.3 Å². The molecule has 0 saturated heterocycles. The maximum atomic E-state index is 11.9. The van der Waals surface area contributed by atoms with Crippen LogP contribution in [0.1, 0.15) is 38.5 Å². The topological polar surface area (TPSA) is 80.9 Å². The van der Waals surface area contributed by atoms with E-state index in [9.17, 15) is 4.79 Å². The Balaban J connectivity index is 1.68. The molecule has 0 aliphatic heterocycles. The van der Waals surface area contributed by atoms with Gasteiger partial charge in [0.1, 0.15) is 6.33 Å². The van der Waals surface area contributed by atoms with Crippen molar-refractivity contribution < 1.29 is 4.79 Å². The van der Waals surface area contributed by atoms with Crippen LogP contribution >= 0.6 is 23.3 Å². The standard InChI is InChI=1S/C12H18N4OS2/c13-10(17)12(16-8-3-4-8)5-1-2-9(6-12)18-11-14-7-15-19-11/h7-9,16H,1-6H2,(H2,13,17). The Kier molecular flexibility index (Phi) is 3.77. The van der Waals surface area contributed by atoms with Crippen molar-refractivity contribution in [1.82, 2.24) is 14.7 Å². The molecule has 0 spiro atoms. The molecule has 19 heavy (non-hydrogen) atoms. The van der Waals surface area contributed by atoms with E-state index in [0.29, 0.717) is 11.3 Å². The van der Waals surface area contributed by atoms with Gasteiger partial charge in [0.15, 0.2) is 4.34 Å². The summed E-state index contributed by atoms with van der Waals surface area (Å²) in [6.07, 6.45) is 7.76. The molecule has 2 aliphatic rings. The van der Waals surface area contributed by atoms with Crippen molar-refractivity contribution in [1.29, 1.82) is 0 Å². The van der Waals surface area contributed by atoms with Gasteiger partial charge in [-0.1, -0.05) is 11.8 Å². The Bertz CT molecular complexity index is 449. The normalized spacial score (nSPS) is 31.3. The zero-order valence-electron chi connectivity index (χ0n) is 10.7. The number of nitrogens with one attached hydrogen (secondary N) is 1. The monoisotopic (exact) mass is 298 g/mol. The summed E-state index contributed by atoms with van der Waals surface area (Å²) in [5.41, 5.74) is 5.18. The van der Waals surface area contributed by atoms with Crippen molar-refractivity contribution in [2.45, 2.75) is 59.7 Å². The predicted octanol–water partition coefficient (Wildman–Crippen LogP) is 1.55. The Hall–Kier alpha value is -0.660. The van der Waals surface area contributed by atoms with E-state index in [-0.39, 0.29) is 5.91 Å². The number of carbonyl (C=O) groups is 1. The van der Waals surface area contributed by atoms with Crippen LogP contribution < -0.4 is 11.1 Å². The fraction of sp³-hybridized carbons (Fsp3) is 0.750. The smallest absolute Gasteiger partial charge is 0.237 e. The third-order valence-electron chi connectivity index (χ3n) is 3.84. The van der Waals surface area contributed by atoms with E-state index < -0.39 is 5.54 Å². The van der Waals surface area contributed by atoms with Gasteiger partial charge in [0.25, 0.3) is 0 Å². The lowest BCUT2D eigenvalue weighted by molar-refractivity contribution is -0.125. The Morgan fingerprint density at radius 2 is 2.37 bits per heavy atom. The highest BCUT2D eigenvalue weighted by Gasteiger charge is 2.44. The van der Waals surface area contributed by atoms with Gasteiger partial charge in [-0.15, -0.1) is 0 Å². The number of thioether (sulfide) groups is 1. The van der Waals surface area contributed by atoms with Gasteiger partial charge in [-0.3, -0.25) is 4.79 Å². The largest absolute Gasteiger partial charge is 0.368 e. The van der Waals surface area contributed by atoms with Gasteiger partial charge >= 0.3 is 0 Å². The van der Waals surface area contributed by atoms with E-state index in [1.165, 1.54) is 24.4 Å². The highest BCUT2D eigenvalue weighted by molar-refractivity contribution is 8.01. The van der Waals surface area contributed by atoms with E-state index in [1.54, 1.807) is 18.1 Å². The lowest BCUT2D eigenvalue weighted by atomic mass is 9.80. The highest BCUT2D eigenvalue weighted by Crippen LogP contribution is 2.40. The third kappa shape index (κ3) is 3.09. The molecule has 2 unspecified atom stereocenters. The minimum Gasteiger partial charge on any atom is -0.368 e. The second kappa shape index (κ2) is 5.38. The Morgan fingerprint density at radius 3 is 3.00 bits per heavy atom. The van der Waals surface area contributed by atoms with Crippen molar-refractivity contribution in [3.8, 4) is 0 Å². The average molecular weight is 298 g/mol. The summed E-state index contributed by atoms with van der Waals surface area (Å²) in [6.45, 7) is 0. The number of amides is 1. The molecule has 2 aliphatic carbocycles. The van der Waals surface area contributed by atoms with Crippen LogP contribution in [0.3, 0.4) is 0 Å².